The van der Waals surface area contributed by atoms with Gasteiger partial charge in [0.05, 0.1) is 17.8 Å². The highest BCUT2D eigenvalue weighted by Crippen LogP contribution is 2.19. The minimum Gasteiger partial charge on any atom is -0.341 e. The lowest BCUT2D eigenvalue weighted by Gasteiger charge is -2.02. The zero-order valence-electron chi connectivity index (χ0n) is 9.47. The molecule has 0 N–H and O–H groups in total. The lowest BCUT2D eigenvalue weighted by atomic mass is 10.2. The van der Waals surface area contributed by atoms with Gasteiger partial charge in [0.2, 0.25) is 0 Å². The summed E-state index contributed by atoms with van der Waals surface area (Å²) in [6.07, 6.45) is 3.80. The summed E-state index contributed by atoms with van der Waals surface area (Å²) in [4.78, 5) is 0. The maximum absolute atomic E-state index is 13.5. The van der Waals surface area contributed by atoms with E-state index in [1.165, 1.54) is 6.07 Å². The summed E-state index contributed by atoms with van der Waals surface area (Å²) in [5.74, 6) is -0.178. The Labute approximate surface area is 98.1 Å². The molecule has 0 aliphatic carbocycles. The van der Waals surface area contributed by atoms with Crippen LogP contribution in [0.1, 0.15) is 5.69 Å². The summed E-state index contributed by atoms with van der Waals surface area (Å²) in [5.41, 5.74) is 1.87. The van der Waals surface area contributed by atoms with E-state index in [0.717, 1.165) is 11.2 Å². The Kier molecular flexibility index (Phi) is 2.21. The van der Waals surface area contributed by atoms with Crippen LogP contribution >= 0.6 is 0 Å². The third-order valence-electron chi connectivity index (χ3n) is 2.86. The molecule has 0 bridgehead atoms. The topological polar surface area (TPSA) is 22.8 Å². The number of benzene rings is 1. The number of halogens is 1. The molecule has 0 fully saturated rings. The number of nitrogens with zero attached hydrogens (tertiary/aromatic N) is 3. The van der Waals surface area contributed by atoms with Crippen LogP contribution in [0.15, 0.2) is 42.7 Å². The molecule has 3 nitrogen and oxygen atoms in total. The molecule has 4 heteroatoms. The molecule has 0 amide bonds. The molecule has 0 unspecified atom stereocenters. The Balaban J connectivity index is 2.04. The number of hydrogen-bond donors (Lipinski definition) is 0. The van der Waals surface area contributed by atoms with Gasteiger partial charge in [-0.2, -0.15) is 5.10 Å². The average Bonchev–Trinajstić information content (AvgIpc) is 2.88. The van der Waals surface area contributed by atoms with Crippen LogP contribution in [0.2, 0.25) is 0 Å². The third kappa shape index (κ3) is 1.71. The highest BCUT2D eigenvalue weighted by molar-refractivity contribution is 5.80. The van der Waals surface area contributed by atoms with Crippen LogP contribution in [0.25, 0.3) is 10.9 Å². The van der Waals surface area contributed by atoms with Crippen LogP contribution in [0, 0.1) is 5.82 Å². The van der Waals surface area contributed by atoms with Crippen molar-refractivity contribution in [3.05, 3.63) is 54.2 Å². The molecule has 1 aromatic carbocycles. The molecule has 0 saturated carbocycles. The second-order valence-electron chi connectivity index (χ2n) is 4.10. The highest BCUT2D eigenvalue weighted by Gasteiger charge is 2.06. The molecule has 86 valence electrons. The maximum atomic E-state index is 13.5. The fourth-order valence-electron chi connectivity index (χ4n) is 2.05. The largest absolute Gasteiger partial charge is 0.341 e. The minimum absolute atomic E-state index is 0.178. The first-order chi connectivity index (χ1) is 8.24. The van der Waals surface area contributed by atoms with E-state index in [1.807, 2.05) is 36.1 Å². The lowest BCUT2D eigenvalue weighted by molar-refractivity contribution is 0.639. The minimum atomic E-state index is -0.178. The summed E-state index contributed by atoms with van der Waals surface area (Å²) in [7, 11) is 1.89. The number of fused-ring (bicyclic) bond motifs is 1. The second kappa shape index (κ2) is 3.73. The van der Waals surface area contributed by atoms with Crippen molar-refractivity contribution in [3.63, 3.8) is 0 Å². The Morgan fingerprint density at radius 1 is 1.18 bits per heavy atom. The summed E-state index contributed by atoms with van der Waals surface area (Å²) in [6, 6.07) is 8.89. The number of aromatic nitrogens is 3. The van der Waals surface area contributed by atoms with Crippen molar-refractivity contribution in [1.82, 2.24) is 14.3 Å². The molecule has 2 aromatic heterocycles. The predicted molar refractivity (Wildman–Crippen MR) is 64.2 cm³/mol. The maximum Gasteiger partial charge on any atom is 0.132 e. The van der Waals surface area contributed by atoms with E-state index >= 15 is 0 Å². The molecule has 2 heterocycles. The number of rotatable bonds is 2. The van der Waals surface area contributed by atoms with Gasteiger partial charge in [0.25, 0.3) is 0 Å². The van der Waals surface area contributed by atoms with Gasteiger partial charge in [-0.1, -0.05) is 6.07 Å². The van der Waals surface area contributed by atoms with Crippen LogP contribution in [0.4, 0.5) is 4.39 Å². The number of aryl methyl sites for hydroxylation is 1. The molecule has 17 heavy (non-hydrogen) atoms. The van der Waals surface area contributed by atoms with Crippen molar-refractivity contribution < 1.29 is 4.39 Å². The van der Waals surface area contributed by atoms with E-state index in [4.69, 9.17) is 0 Å². The quantitative estimate of drug-likeness (QED) is 0.662. The third-order valence-corrected chi connectivity index (χ3v) is 2.86. The van der Waals surface area contributed by atoms with Crippen LogP contribution in [0.5, 0.6) is 0 Å². The molecule has 0 aliphatic rings. The fourth-order valence-corrected chi connectivity index (χ4v) is 2.05. The molecular weight excluding hydrogens is 217 g/mol. The van der Waals surface area contributed by atoms with Gasteiger partial charge in [0.1, 0.15) is 5.82 Å². The van der Waals surface area contributed by atoms with E-state index in [0.29, 0.717) is 11.9 Å². The van der Waals surface area contributed by atoms with E-state index in [2.05, 4.69) is 5.10 Å². The van der Waals surface area contributed by atoms with Crippen molar-refractivity contribution in [2.24, 2.45) is 7.05 Å². The molecule has 0 atom stereocenters. The zero-order valence-corrected chi connectivity index (χ0v) is 9.47. The summed E-state index contributed by atoms with van der Waals surface area (Å²) in [5, 5.41) is 4.97. The first-order valence-corrected chi connectivity index (χ1v) is 5.46. The van der Waals surface area contributed by atoms with Crippen LogP contribution in [0.3, 0.4) is 0 Å². The van der Waals surface area contributed by atoms with Gasteiger partial charge >= 0.3 is 0 Å². The Bertz CT molecular complexity index is 666. The molecule has 0 aliphatic heterocycles. The molecule has 3 rings (SSSR count). The Hall–Kier alpha value is -2.10. The van der Waals surface area contributed by atoms with Crippen molar-refractivity contribution in [2.75, 3.05) is 0 Å². The van der Waals surface area contributed by atoms with Crippen molar-refractivity contribution in [2.45, 2.75) is 6.54 Å². The summed E-state index contributed by atoms with van der Waals surface area (Å²) >= 11 is 0. The van der Waals surface area contributed by atoms with Gasteiger partial charge in [-0.15, -0.1) is 0 Å². The van der Waals surface area contributed by atoms with Crippen molar-refractivity contribution >= 4 is 10.9 Å². The van der Waals surface area contributed by atoms with E-state index in [1.54, 1.807) is 16.8 Å². The van der Waals surface area contributed by atoms with Gasteiger partial charge in [-0.25, -0.2) is 4.39 Å². The smallest absolute Gasteiger partial charge is 0.132 e. The first kappa shape index (κ1) is 10.1. The molecular formula is C13H12FN3. The Morgan fingerprint density at radius 2 is 2.06 bits per heavy atom. The normalized spacial score (nSPS) is 11.2. The van der Waals surface area contributed by atoms with E-state index in [9.17, 15) is 4.39 Å². The van der Waals surface area contributed by atoms with Gasteiger partial charge in [0, 0.05) is 24.8 Å². The van der Waals surface area contributed by atoms with Crippen molar-refractivity contribution in [1.29, 1.82) is 0 Å². The van der Waals surface area contributed by atoms with Crippen molar-refractivity contribution in [3.8, 4) is 0 Å². The number of hydrogen-bond acceptors (Lipinski definition) is 1. The Morgan fingerprint density at radius 3 is 2.82 bits per heavy atom. The van der Waals surface area contributed by atoms with Gasteiger partial charge in [0.15, 0.2) is 0 Å². The zero-order chi connectivity index (χ0) is 11.8. The summed E-state index contributed by atoms with van der Waals surface area (Å²) < 4.78 is 17.3. The van der Waals surface area contributed by atoms with Crippen LogP contribution in [-0.4, -0.2) is 14.3 Å². The van der Waals surface area contributed by atoms with Gasteiger partial charge in [-0.3, -0.25) is 4.68 Å². The lowest BCUT2D eigenvalue weighted by Crippen LogP contribution is -1.99. The van der Waals surface area contributed by atoms with Gasteiger partial charge < -0.3 is 4.57 Å². The standard InChI is InChI=1S/C13H12FN3/c1-16-7-5-10(15-16)9-17-8-6-11-12(14)3-2-4-13(11)17/h2-8H,9H2,1H3. The SMILES string of the molecule is Cn1ccc(Cn2ccc3c(F)cccc32)n1. The van der Waals surface area contributed by atoms with Gasteiger partial charge in [-0.05, 0) is 24.3 Å². The van der Waals surface area contributed by atoms with E-state index in [-0.39, 0.29) is 5.82 Å². The fraction of sp³-hybridized carbons (Fsp3) is 0.154. The first-order valence-electron chi connectivity index (χ1n) is 5.46. The molecule has 3 aromatic rings. The second-order valence-corrected chi connectivity index (χ2v) is 4.10. The predicted octanol–water partition coefficient (Wildman–Crippen LogP) is 2.56. The summed E-state index contributed by atoms with van der Waals surface area (Å²) in [6.45, 7) is 0.661. The average molecular weight is 229 g/mol. The highest BCUT2D eigenvalue weighted by atomic mass is 19.1. The molecule has 0 spiro atoms. The van der Waals surface area contributed by atoms with Crippen LogP contribution < -0.4 is 0 Å². The monoisotopic (exact) mass is 229 g/mol. The molecule has 0 radical (unpaired) electrons. The van der Waals surface area contributed by atoms with Crippen LogP contribution in [-0.2, 0) is 13.6 Å². The molecule has 0 saturated heterocycles. The van der Waals surface area contributed by atoms with E-state index < -0.39 is 0 Å².